The highest BCUT2D eigenvalue weighted by Gasteiger charge is 2.25. The number of morpholine rings is 1. The summed E-state index contributed by atoms with van der Waals surface area (Å²) < 4.78 is 34.4. The number of fused-ring (bicyclic) bond motifs is 1. The molecular formula is C19H18F2N10O. The summed E-state index contributed by atoms with van der Waals surface area (Å²) in [5, 5.41) is 0. The van der Waals surface area contributed by atoms with Crippen LogP contribution < -0.4 is 16.4 Å². The number of nitrogen functional groups attached to an aromatic ring is 2. The van der Waals surface area contributed by atoms with Crippen molar-refractivity contribution >= 4 is 28.6 Å². The largest absolute Gasteiger partial charge is 0.396 e. The summed E-state index contributed by atoms with van der Waals surface area (Å²) in [5.41, 5.74) is 13.0. The Hall–Kier alpha value is -4.00. The lowest BCUT2D eigenvalue weighted by Gasteiger charge is -2.27. The third-order valence-electron chi connectivity index (χ3n) is 4.94. The predicted molar refractivity (Wildman–Crippen MR) is 112 cm³/mol. The predicted octanol–water partition coefficient (Wildman–Crippen LogP) is 1.61. The summed E-state index contributed by atoms with van der Waals surface area (Å²) in [6.45, 7) is 2.01. The first kappa shape index (κ1) is 19.9. The molecule has 32 heavy (non-hydrogen) atoms. The van der Waals surface area contributed by atoms with Crippen LogP contribution in [0, 0.1) is 0 Å². The maximum atomic E-state index is 13.9. The number of ether oxygens (including phenoxy) is 1. The fourth-order valence-corrected chi connectivity index (χ4v) is 3.45. The van der Waals surface area contributed by atoms with Gasteiger partial charge in [0.2, 0.25) is 17.8 Å². The number of hydrogen-bond acceptors (Lipinski definition) is 10. The van der Waals surface area contributed by atoms with Crippen molar-refractivity contribution < 1.29 is 13.5 Å². The van der Waals surface area contributed by atoms with E-state index in [0.717, 1.165) is 0 Å². The fourth-order valence-electron chi connectivity index (χ4n) is 3.45. The van der Waals surface area contributed by atoms with Gasteiger partial charge in [0.25, 0.3) is 6.43 Å². The number of nitrogens with zero attached hydrogens (tertiary/aromatic N) is 8. The van der Waals surface area contributed by atoms with Gasteiger partial charge in [-0.15, -0.1) is 0 Å². The number of para-hydroxylation sites is 2. The first-order valence-corrected chi connectivity index (χ1v) is 9.74. The average molecular weight is 440 g/mol. The summed E-state index contributed by atoms with van der Waals surface area (Å²) in [6, 6.07) is 6.76. The topological polar surface area (TPSA) is 147 Å². The zero-order valence-electron chi connectivity index (χ0n) is 16.7. The first-order valence-electron chi connectivity index (χ1n) is 9.74. The molecule has 0 amide bonds. The molecule has 0 unspecified atom stereocenters. The third kappa shape index (κ3) is 3.51. The van der Waals surface area contributed by atoms with E-state index in [-0.39, 0.29) is 35.1 Å². The molecule has 0 radical (unpaired) electrons. The lowest BCUT2D eigenvalue weighted by atomic mass is 10.3. The number of aromatic nitrogens is 7. The van der Waals surface area contributed by atoms with Crippen LogP contribution in [-0.2, 0) is 4.74 Å². The Bertz CT molecular complexity index is 1290. The van der Waals surface area contributed by atoms with Crippen LogP contribution in [0.25, 0.3) is 28.5 Å². The highest BCUT2D eigenvalue weighted by molar-refractivity contribution is 5.78. The molecule has 4 N–H and O–H groups in total. The maximum Gasteiger partial charge on any atom is 0.296 e. The monoisotopic (exact) mass is 440 g/mol. The number of imidazole rings is 1. The molecule has 4 heterocycles. The van der Waals surface area contributed by atoms with Gasteiger partial charge >= 0.3 is 0 Å². The second-order valence-electron chi connectivity index (χ2n) is 6.99. The molecule has 1 aliphatic rings. The number of anilines is 3. The Kier molecular flexibility index (Phi) is 4.93. The SMILES string of the molecule is Nc1ncc(N)c(-c2nc(N3CCOCC3)nc(-n3c(C(F)F)nc4ccccc43)n2)n1. The van der Waals surface area contributed by atoms with E-state index < -0.39 is 12.2 Å². The van der Waals surface area contributed by atoms with Gasteiger partial charge in [0.1, 0.15) is 5.69 Å². The smallest absolute Gasteiger partial charge is 0.296 e. The summed E-state index contributed by atoms with van der Waals surface area (Å²) >= 11 is 0. The highest BCUT2D eigenvalue weighted by atomic mass is 19.3. The molecule has 1 aromatic carbocycles. The quantitative estimate of drug-likeness (QED) is 0.479. The molecule has 0 atom stereocenters. The summed E-state index contributed by atoms with van der Waals surface area (Å²) in [4.78, 5) is 27.4. The summed E-state index contributed by atoms with van der Waals surface area (Å²) in [6.07, 6.45) is -1.51. The molecule has 0 aliphatic carbocycles. The molecule has 11 nitrogen and oxygen atoms in total. The van der Waals surface area contributed by atoms with Gasteiger partial charge < -0.3 is 21.1 Å². The van der Waals surface area contributed by atoms with E-state index >= 15 is 0 Å². The molecule has 13 heteroatoms. The molecule has 4 aromatic rings. The van der Waals surface area contributed by atoms with Crippen LogP contribution in [0.3, 0.4) is 0 Å². The van der Waals surface area contributed by atoms with Crippen LogP contribution >= 0.6 is 0 Å². The molecule has 0 saturated carbocycles. The number of alkyl halides is 2. The van der Waals surface area contributed by atoms with E-state index in [0.29, 0.717) is 37.3 Å². The second kappa shape index (κ2) is 7.92. The minimum absolute atomic E-state index is 0.0227. The van der Waals surface area contributed by atoms with E-state index in [1.54, 1.807) is 24.3 Å². The number of benzene rings is 1. The van der Waals surface area contributed by atoms with Gasteiger partial charge in [0.05, 0.1) is 36.1 Å². The summed E-state index contributed by atoms with van der Waals surface area (Å²) in [5.74, 6) is -0.169. The van der Waals surface area contributed by atoms with E-state index in [1.807, 2.05) is 4.90 Å². The van der Waals surface area contributed by atoms with E-state index in [2.05, 4.69) is 29.9 Å². The molecule has 1 fully saturated rings. The molecule has 0 bridgehead atoms. The lowest BCUT2D eigenvalue weighted by Crippen LogP contribution is -2.37. The molecule has 164 valence electrons. The molecule has 1 aliphatic heterocycles. The molecule has 0 spiro atoms. The Morgan fingerprint density at radius 3 is 2.47 bits per heavy atom. The van der Waals surface area contributed by atoms with E-state index in [1.165, 1.54) is 10.8 Å². The van der Waals surface area contributed by atoms with Gasteiger partial charge in [-0.3, -0.25) is 4.57 Å². The average Bonchev–Trinajstić information content (AvgIpc) is 3.21. The van der Waals surface area contributed by atoms with E-state index in [9.17, 15) is 8.78 Å². The van der Waals surface area contributed by atoms with Crippen LogP contribution in [0.1, 0.15) is 12.2 Å². The van der Waals surface area contributed by atoms with Crippen molar-refractivity contribution in [2.45, 2.75) is 6.43 Å². The third-order valence-corrected chi connectivity index (χ3v) is 4.94. The van der Waals surface area contributed by atoms with Gasteiger partial charge in [-0.05, 0) is 12.1 Å². The van der Waals surface area contributed by atoms with Crippen LogP contribution in [-0.4, -0.2) is 60.8 Å². The normalized spacial score (nSPS) is 14.4. The highest BCUT2D eigenvalue weighted by Crippen LogP contribution is 2.29. The number of hydrogen-bond donors (Lipinski definition) is 2. The molecular weight excluding hydrogens is 422 g/mol. The van der Waals surface area contributed by atoms with Crippen molar-refractivity contribution in [2.75, 3.05) is 42.7 Å². The van der Waals surface area contributed by atoms with Crippen molar-refractivity contribution in [3.05, 3.63) is 36.3 Å². The Morgan fingerprint density at radius 2 is 1.69 bits per heavy atom. The lowest BCUT2D eigenvalue weighted by molar-refractivity contribution is 0.122. The van der Waals surface area contributed by atoms with Crippen LogP contribution in [0.5, 0.6) is 0 Å². The summed E-state index contributed by atoms with van der Waals surface area (Å²) in [7, 11) is 0. The van der Waals surface area contributed by atoms with E-state index in [4.69, 9.17) is 16.2 Å². The van der Waals surface area contributed by atoms with Gasteiger partial charge in [-0.1, -0.05) is 12.1 Å². The van der Waals surface area contributed by atoms with Crippen molar-refractivity contribution in [1.29, 1.82) is 0 Å². The molecule has 3 aromatic heterocycles. The standard InChI is InChI=1S/C19H18F2N10O/c20-14(21)16-25-11-3-1-2-4-12(11)31(16)19-28-15(13-10(22)9-24-17(23)26-13)27-18(29-19)30-5-7-32-8-6-30/h1-4,9,14H,5-8,22H2,(H2,23,24,26). The second-order valence-corrected chi connectivity index (χ2v) is 6.99. The van der Waals surface area contributed by atoms with Gasteiger partial charge in [0.15, 0.2) is 11.6 Å². The number of halogens is 2. The fraction of sp³-hybridized carbons (Fsp3) is 0.263. The van der Waals surface area contributed by atoms with Crippen molar-refractivity contribution in [3.8, 4) is 17.5 Å². The Morgan fingerprint density at radius 1 is 0.938 bits per heavy atom. The Labute approximate surface area is 180 Å². The van der Waals surface area contributed by atoms with Gasteiger partial charge in [-0.25, -0.2) is 23.7 Å². The van der Waals surface area contributed by atoms with Gasteiger partial charge in [0, 0.05) is 13.1 Å². The van der Waals surface area contributed by atoms with Crippen LogP contribution in [0.15, 0.2) is 30.5 Å². The molecule has 1 saturated heterocycles. The van der Waals surface area contributed by atoms with Crippen molar-refractivity contribution in [3.63, 3.8) is 0 Å². The van der Waals surface area contributed by atoms with Crippen molar-refractivity contribution in [1.82, 2.24) is 34.5 Å². The Balaban J connectivity index is 1.77. The van der Waals surface area contributed by atoms with Crippen LogP contribution in [0.2, 0.25) is 0 Å². The van der Waals surface area contributed by atoms with Gasteiger partial charge in [-0.2, -0.15) is 15.0 Å². The minimum Gasteiger partial charge on any atom is -0.396 e. The minimum atomic E-state index is -2.85. The zero-order valence-corrected chi connectivity index (χ0v) is 16.7. The molecule has 5 rings (SSSR count). The number of nitrogens with two attached hydrogens (primary N) is 2. The zero-order chi connectivity index (χ0) is 22.2. The maximum absolute atomic E-state index is 13.9. The van der Waals surface area contributed by atoms with Crippen molar-refractivity contribution in [2.24, 2.45) is 0 Å². The first-order chi connectivity index (χ1) is 15.5. The number of rotatable bonds is 4. The van der Waals surface area contributed by atoms with Crippen LogP contribution in [0.4, 0.5) is 26.4 Å².